The topological polar surface area (TPSA) is 108 Å². The van der Waals surface area contributed by atoms with Crippen molar-refractivity contribution in [1.82, 2.24) is 19.5 Å². The lowest BCUT2D eigenvalue weighted by Crippen LogP contribution is -2.13. The Morgan fingerprint density at radius 2 is 1.77 bits per heavy atom. The first-order valence-corrected chi connectivity index (χ1v) is 12.2. The van der Waals surface area contributed by atoms with E-state index in [9.17, 15) is 12.8 Å². The molecule has 182 valence electrons. The molecule has 2 aromatic heterocycles. The molecular formula is C24H24FN5O4S. The molecule has 0 spiro atoms. The lowest BCUT2D eigenvalue weighted by molar-refractivity contribution is 0.321. The van der Waals surface area contributed by atoms with Crippen LogP contribution in [0, 0.1) is 26.6 Å². The van der Waals surface area contributed by atoms with Gasteiger partial charge in [0.15, 0.2) is 11.6 Å². The van der Waals surface area contributed by atoms with Gasteiger partial charge in [0.1, 0.15) is 23.7 Å². The zero-order valence-electron chi connectivity index (χ0n) is 19.6. The van der Waals surface area contributed by atoms with Crippen LogP contribution in [0.25, 0.3) is 5.82 Å². The van der Waals surface area contributed by atoms with Gasteiger partial charge < -0.3 is 9.47 Å². The fourth-order valence-corrected chi connectivity index (χ4v) is 4.35. The van der Waals surface area contributed by atoms with Gasteiger partial charge in [-0.15, -0.1) is 0 Å². The molecule has 0 atom stereocenters. The highest BCUT2D eigenvalue weighted by atomic mass is 32.2. The summed E-state index contributed by atoms with van der Waals surface area (Å²) < 4.78 is 54.7. The maximum Gasteiger partial charge on any atom is 0.262 e. The van der Waals surface area contributed by atoms with E-state index in [0.717, 1.165) is 17.5 Å². The Labute approximate surface area is 202 Å². The minimum absolute atomic E-state index is 0.00518. The number of hydrogen-bond acceptors (Lipinski definition) is 7. The third-order valence-corrected chi connectivity index (χ3v) is 6.52. The summed E-state index contributed by atoms with van der Waals surface area (Å²) >= 11 is 0. The molecule has 35 heavy (non-hydrogen) atoms. The average Bonchev–Trinajstić information content (AvgIpc) is 3.14. The van der Waals surface area contributed by atoms with Gasteiger partial charge in [0.05, 0.1) is 17.2 Å². The molecule has 0 aliphatic carbocycles. The summed E-state index contributed by atoms with van der Waals surface area (Å²) in [4.78, 5) is 12.8. The van der Waals surface area contributed by atoms with Gasteiger partial charge in [0, 0.05) is 17.4 Å². The van der Waals surface area contributed by atoms with Crippen LogP contribution in [-0.4, -0.2) is 34.5 Å². The fourth-order valence-electron chi connectivity index (χ4n) is 3.28. The molecule has 0 aliphatic rings. The van der Waals surface area contributed by atoms with E-state index in [1.54, 1.807) is 38.4 Å². The molecule has 0 aliphatic heterocycles. The van der Waals surface area contributed by atoms with Crippen molar-refractivity contribution in [2.24, 2.45) is 0 Å². The number of nitrogens with zero attached hydrogens (tertiary/aromatic N) is 4. The van der Waals surface area contributed by atoms with Crippen LogP contribution < -0.4 is 14.2 Å². The molecule has 0 saturated carbocycles. The monoisotopic (exact) mass is 497 g/mol. The predicted molar refractivity (Wildman–Crippen MR) is 128 cm³/mol. The van der Waals surface area contributed by atoms with Gasteiger partial charge in [0.2, 0.25) is 5.88 Å². The number of anilines is 1. The molecule has 0 amide bonds. The Morgan fingerprint density at radius 3 is 2.40 bits per heavy atom. The molecule has 2 heterocycles. The summed E-state index contributed by atoms with van der Waals surface area (Å²) in [6, 6.07) is 11.5. The number of rotatable bonds is 8. The highest BCUT2D eigenvalue weighted by Gasteiger charge is 2.17. The van der Waals surface area contributed by atoms with Gasteiger partial charge in [-0.1, -0.05) is 0 Å². The van der Waals surface area contributed by atoms with Gasteiger partial charge in [-0.3, -0.25) is 9.29 Å². The van der Waals surface area contributed by atoms with Crippen molar-refractivity contribution in [1.29, 1.82) is 0 Å². The van der Waals surface area contributed by atoms with Crippen molar-refractivity contribution in [3.63, 3.8) is 0 Å². The Hall–Kier alpha value is -3.99. The van der Waals surface area contributed by atoms with E-state index >= 15 is 0 Å². The number of sulfonamides is 1. The molecule has 11 heteroatoms. The van der Waals surface area contributed by atoms with E-state index in [1.807, 2.05) is 18.4 Å². The average molecular weight is 498 g/mol. The number of imidazole rings is 1. The van der Waals surface area contributed by atoms with E-state index in [4.69, 9.17) is 9.47 Å². The summed E-state index contributed by atoms with van der Waals surface area (Å²) in [6.07, 6.45) is 1.69. The number of benzene rings is 2. The Morgan fingerprint density at radius 1 is 1.03 bits per heavy atom. The quantitative estimate of drug-likeness (QED) is 0.375. The minimum atomic E-state index is -4.00. The van der Waals surface area contributed by atoms with Crippen LogP contribution in [0.3, 0.4) is 0 Å². The Kier molecular flexibility index (Phi) is 6.70. The van der Waals surface area contributed by atoms with Crippen molar-refractivity contribution >= 4 is 15.7 Å². The first-order valence-electron chi connectivity index (χ1n) is 10.8. The number of hydrogen-bond donors (Lipinski definition) is 1. The zero-order chi connectivity index (χ0) is 25.2. The second kappa shape index (κ2) is 9.71. The van der Waals surface area contributed by atoms with Crippen molar-refractivity contribution in [2.75, 3.05) is 11.3 Å². The molecule has 0 bridgehead atoms. The van der Waals surface area contributed by atoms with Gasteiger partial charge in [-0.2, -0.15) is 4.98 Å². The maximum atomic E-state index is 14.1. The smallest absolute Gasteiger partial charge is 0.262 e. The molecule has 0 radical (unpaired) electrons. The van der Waals surface area contributed by atoms with Crippen molar-refractivity contribution < 1.29 is 22.3 Å². The van der Waals surface area contributed by atoms with Crippen LogP contribution in [0.5, 0.6) is 17.4 Å². The molecule has 4 rings (SSSR count). The molecule has 4 aromatic rings. The first kappa shape index (κ1) is 24.1. The highest BCUT2D eigenvalue weighted by Crippen LogP contribution is 2.26. The maximum absolute atomic E-state index is 14.1. The van der Waals surface area contributed by atoms with Crippen LogP contribution in [0.1, 0.15) is 24.1 Å². The largest absolute Gasteiger partial charge is 0.491 e. The molecule has 9 nitrogen and oxygen atoms in total. The van der Waals surface area contributed by atoms with Crippen molar-refractivity contribution in [2.45, 2.75) is 32.6 Å². The lowest BCUT2D eigenvalue weighted by Gasteiger charge is -2.12. The lowest BCUT2D eigenvalue weighted by atomic mass is 10.3. The van der Waals surface area contributed by atoms with E-state index in [2.05, 4.69) is 19.7 Å². The molecular weight excluding hydrogens is 473 g/mol. The second-order valence-electron chi connectivity index (χ2n) is 7.65. The number of aryl methyl sites for hydroxylation is 2. The summed E-state index contributed by atoms with van der Waals surface area (Å²) in [6.45, 7) is 7.61. The Balaban J connectivity index is 1.50. The number of ether oxygens (including phenoxy) is 2. The molecule has 2 aromatic carbocycles. The van der Waals surface area contributed by atoms with Crippen LogP contribution in [-0.2, 0) is 10.0 Å². The van der Waals surface area contributed by atoms with Crippen LogP contribution in [0.2, 0.25) is 0 Å². The van der Waals surface area contributed by atoms with E-state index in [-0.39, 0.29) is 22.9 Å². The molecule has 0 saturated heterocycles. The van der Waals surface area contributed by atoms with Gasteiger partial charge in [0.25, 0.3) is 10.0 Å². The normalized spacial score (nSPS) is 11.3. The third-order valence-electron chi connectivity index (χ3n) is 5.14. The third kappa shape index (κ3) is 5.40. The van der Waals surface area contributed by atoms with Crippen molar-refractivity contribution in [3.05, 3.63) is 77.9 Å². The second-order valence-corrected chi connectivity index (χ2v) is 9.34. The predicted octanol–water partition coefficient (Wildman–Crippen LogP) is 4.72. The molecule has 1 N–H and O–H groups in total. The SMILES string of the molecule is CCOc1ccc(S(=O)(=O)Nc2ccc(Oc3cc(-n4cnc(C)c4C)nc(C)n3)cc2)cc1F. The zero-order valence-corrected chi connectivity index (χ0v) is 20.4. The van der Waals surface area contributed by atoms with Crippen LogP contribution in [0.15, 0.2) is 59.8 Å². The standard InChI is InChI=1S/C24H24FN5O4S/c1-5-33-22-11-10-20(12-21(22)25)35(31,32)29-18-6-8-19(9-7-18)34-24-13-23(27-17(4)28-24)30-14-26-15(2)16(30)3/h6-14,29H,5H2,1-4H3. The van der Waals surface area contributed by atoms with Gasteiger partial charge in [-0.05, 0) is 70.2 Å². The number of halogens is 1. The van der Waals surface area contributed by atoms with E-state index in [1.165, 1.54) is 24.3 Å². The van der Waals surface area contributed by atoms with Crippen molar-refractivity contribution in [3.8, 4) is 23.2 Å². The molecule has 0 fully saturated rings. The first-order chi connectivity index (χ1) is 16.7. The summed E-state index contributed by atoms with van der Waals surface area (Å²) in [5.41, 5.74) is 2.14. The molecule has 0 unspecified atom stereocenters. The number of aromatic nitrogens is 4. The van der Waals surface area contributed by atoms with E-state index < -0.39 is 15.8 Å². The minimum Gasteiger partial charge on any atom is -0.491 e. The summed E-state index contributed by atoms with van der Waals surface area (Å²) in [5, 5.41) is 0. The number of nitrogens with one attached hydrogen (secondary N) is 1. The summed E-state index contributed by atoms with van der Waals surface area (Å²) in [5.74, 6) is 1.17. The fraction of sp³-hybridized carbons (Fsp3) is 0.208. The highest BCUT2D eigenvalue weighted by molar-refractivity contribution is 7.92. The van der Waals surface area contributed by atoms with E-state index in [0.29, 0.717) is 23.3 Å². The Bertz CT molecular complexity index is 1470. The van der Waals surface area contributed by atoms with Crippen LogP contribution in [0.4, 0.5) is 10.1 Å². The van der Waals surface area contributed by atoms with Crippen LogP contribution >= 0.6 is 0 Å². The van der Waals surface area contributed by atoms with Gasteiger partial charge in [-0.25, -0.2) is 22.8 Å². The van der Waals surface area contributed by atoms with Gasteiger partial charge >= 0.3 is 0 Å². The summed E-state index contributed by atoms with van der Waals surface area (Å²) in [7, 11) is -4.00.